The van der Waals surface area contributed by atoms with Crippen molar-refractivity contribution in [3.8, 4) is 5.75 Å². The van der Waals surface area contributed by atoms with E-state index in [0.717, 1.165) is 14.7 Å². The van der Waals surface area contributed by atoms with Crippen LogP contribution in [-0.4, -0.2) is 17.6 Å². The number of hydrogen-bond donors (Lipinski definition) is 2. The molecule has 1 aromatic heterocycles. The molecule has 6 heteroatoms. The Balaban J connectivity index is 1.90. The molecule has 0 aliphatic rings. The second-order valence-corrected chi connectivity index (χ2v) is 7.34. The molecule has 1 aromatic carbocycles. The third-order valence-electron chi connectivity index (χ3n) is 2.49. The van der Waals surface area contributed by atoms with Crippen molar-refractivity contribution in [3.05, 3.63) is 49.0 Å². The fourth-order valence-electron chi connectivity index (χ4n) is 1.58. The van der Waals surface area contributed by atoms with E-state index < -0.39 is 0 Å². The maximum Gasteiger partial charge on any atom is 0.255 e. The van der Waals surface area contributed by atoms with Gasteiger partial charge in [-0.3, -0.25) is 4.79 Å². The van der Waals surface area contributed by atoms with E-state index in [-0.39, 0.29) is 17.2 Å². The highest BCUT2D eigenvalue weighted by Gasteiger charge is 2.10. The number of phenols is 1. The first kappa shape index (κ1) is 14.6. The number of halogens is 2. The van der Waals surface area contributed by atoms with Crippen LogP contribution in [0, 0.1) is 0 Å². The van der Waals surface area contributed by atoms with Crippen molar-refractivity contribution in [3.63, 3.8) is 0 Å². The average molecular weight is 405 g/mol. The number of aromatic hydroxyl groups is 1. The number of rotatable bonds is 4. The number of nitrogens with one attached hydrogen (secondary N) is 1. The summed E-state index contributed by atoms with van der Waals surface area (Å²) in [6.07, 6.45) is 0.777. The monoisotopic (exact) mass is 403 g/mol. The molecule has 2 N–H and O–H groups in total. The summed E-state index contributed by atoms with van der Waals surface area (Å²) >= 11 is 8.29. The number of carbonyl (C=O) groups excluding carboxylic acids is 1. The van der Waals surface area contributed by atoms with Crippen molar-refractivity contribution >= 4 is 49.1 Å². The second kappa shape index (κ2) is 6.54. The van der Waals surface area contributed by atoms with Gasteiger partial charge >= 0.3 is 0 Å². The lowest BCUT2D eigenvalue weighted by Crippen LogP contribution is -2.25. The minimum Gasteiger partial charge on any atom is -0.507 e. The van der Waals surface area contributed by atoms with Gasteiger partial charge in [0, 0.05) is 15.9 Å². The number of carbonyl (C=O) groups is 1. The van der Waals surface area contributed by atoms with Gasteiger partial charge in [-0.2, -0.15) is 0 Å². The summed E-state index contributed by atoms with van der Waals surface area (Å²) in [7, 11) is 0. The third kappa shape index (κ3) is 4.06. The van der Waals surface area contributed by atoms with Crippen LogP contribution in [0.2, 0.25) is 0 Å². The SMILES string of the molecule is O=C(NCCc1ccc(Br)s1)c1ccc(Br)cc1O. The van der Waals surface area contributed by atoms with E-state index in [2.05, 4.69) is 37.2 Å². The van der Waals surface area contributed by atoms with Crippen LogP contribution >= 0.6 is 43.2 Å². The van der Waals surface area contributed by atoms with Crippen molar-refractivity contribution < 1.29 is 9.90 Å². The summed E-state index contributed by atoms with van der Waals surface area (Å²) in [6.45, 7) is 0.543. The number of benzene rings is 1. The van der Waals surface area contributed by atoms with E-state index in [1.165, 1.54) is 10.9 Å². The van der Waals surface area contributed by atoms with Crippen molar-refractivity contribution in [1.82, 2.24) is 5.32 Å². The molecule has 0 bridgehead atoms. The summed E-state index contributed by atoms with van der Waals surface area (Å²) in [5.41, 5.74) is 0.288. The largest absolute Gasteiger partial charge is 0.507 e. The third-order valence-corrected chi connectivity index (χ3v) is 4.67. The Kier molecular flexibility index (Phi) is 5.01. The molecular weight excluding hydrogens is 394 g/mol. The average Bonchev–Trinajstić information content (AvgIpc) is 2.75. The van der Waals surface area contributed by atoms with Crippen LogP contribution in [0.5, 0.6) is 5.75 Å². The molecule has 100 valence electrons. The fraction of sp³-hybridized carbons (Fsp3) is 0.154. The molecule has 0 aliphatic heterocycles. The maximum absolute atomic E-state index is 11.9. The van der Waals surface area contributed by atoms with Gasteiger partial charge in [-0.25, -0.2) is 0 Å². The van der Waals surface area contributed by atoms with Gasteiger partial charge in [-0.1, -0.05) is 15.9 Å². The molecule has 0 spiro atoms. The first-order valence-corrected chi connectivity index (χ1v) is 7.97. The molecule has 0 unspecified atom stereocenters. The van der Waals surface area contributed by atoms with Gasteiger partial charge in [-0.05, 0) is 52.7 Å². The fourth-order valence-corrected chi connectivity index (χ4v) is 3.41. The van der Waals surface area contributed by atoms with Gasteiger partial charge in [0.2, 0.25) is 0 Å². The maximum atomic E-state index is 11.9. The Morgan fingerprint density at radius 3 is 2.68 bits per heavy atom. The quantitative estimate of drug-likeness (QED) is 0.810. The van der Waals surface area contributed by atoms with Crippen molar-refractivity contribution in [1.29, 1.82) is 0 Å². The number of amides is 1. The molecule has 3 nitrogen and oxygen atoms in total. The Morgan fingerprint density at radius 1 is 1.26 bits per heavy atom. The van der Waals surface area contributed by atoms with Crippen molar-refractivity contribution in [2.24, 2.45) is 0 Å². The standard InChI is InChI=1S/C13H11Br2NO2S/c14-8-1-3-10(11(17)7-8)13(18)16-6-5-9-2-4-12(15)19-9/h1-4,7,17H,5-6H2,(H,16,18). The number of hydrogen-bond acceptors (Lipinski definition) is 3. The van der Waals surface area contributed by atoms with Gasteiger partial charge in [0.1, 0.15) is 5.75 Å². The van der Waals surface area contributed by atoms with Gasteiger partial charge in [0.25, 0.3) is 5.91 Å². The molecule has 0 saturated heterocycles. The first-order chi connectivity index (χ1) is 9.06. The van der Waals surface area contributed by atoms with E-state index in [9.17, 15) is 9.90 Å². The predicted molar refractivity (Wildman–Crippen MR) is 83.9 cm³/mol. The summed E-state index contributed by atoms with van der Waals surface area (Å²) in [5, 5.41) is 12.5. The molecule has 1 amide bonds. The smallest absolute Gasteiger partial charge is 0.255 e. The van der Waals surface area contributed by atoms with Gasteiger partial charge < -0.3 is 10.4 Å². The van der Waals surface area contributed by atoms with Crippen LogP contribution in [0.15, 0.2) is 38.6 Å². The molecule has 0 saturated carbocycles. The van der Waals surface area contributed by atoms with E-state index in [1.807, 2.05) is 12.1 Å². The van der Waals surface area contributed by atoms with Gasteiger partial charge in [-0.15, -0.1) is 11.3 Å². The van der Waals surface area contributed by atoms with Crippen molar-refractivity contribution in [2.45, 2.75) is 6.42 Å². The predicted octanol–water partition coefficient (Wildman–Crippen LogP) is 3.95. The van der Waals surface area contributed by atoms with E-state index in [4.69, 9.17) is 0 Å². The van der Waals surface area contributed by atoms with E-state index >= 15 is 0 Å². The Bertz CT molecular complexity index is 598. The molecule has 2 aromatic rings. The molecule has 0 atom stereocenters. The lowest BCUT2D eigenvalue weighted by atomic mass is 10.2. The lowest BCUT2D eigenvalue weighted by molar-refractivity contribution is 0.0951. The van der Waals surface area contributed by atoms with Crippen LogP contribution in [0.1, 0.15) is 15.2 Å². The number of thiophene rings is 1. The highest BCUT2D eigenvalue weighted by Crippen LogP contribution is 2.23. The summed E-state index contributed by atoms with van der Waals surface area (Å²) in [5.74, 6) is -0.286. The van der Waals surface area contributed by atoms with Crippen LogP contribution in [-0.2, 0) is 6.42 Å². The zero-order valence-corrected chi connectivity index (χ0v) is 13.8. The molecule has 1 heterocycles. The topological polar surface area (TPSA) is 49.3 Å². The first-order valence-electron chi connectivity index (χ1n) is 5.57. The highest BCUT2D eigenvalue weighted by molar-refractivity contribution is 9.11. The Labute approximate surface area is 131 Å². The minimum absolute atomic E-state index is 0.0225. The highest BCUT2D eigenvalue weighted by atomic mass is 79.9. The normalized spacial score (nSPS) is 10.4. The molecule has 0 radical (unpaired) electrons. The Hall–Kier alpha value is -0.850. The van der Waals surface area contributed by atoms with Crippen LogP contribution < -0.4 is 5.32 Å². The Morgan fingerprint density at radius 2 is 2.05 bits per heavy atom. The molecular formula is C13H11Br2NO2S. The molecule has 0 aliphatic carbocycles. The molecule has 19 heavy (non-hydrogen) atoms. The summed E-state index contributed by atoms with van der Waals surface area (Å²) < 4.78 is 1.82. The number of phenolic OH excluding ortho intramolecular Hbond substituents is 1. The zero-order chi connectivity index (χ0) is 13.8. The second-order valence-electron chi connectivity index (χ2n) is 3.87. The van der Waals surface area contributed by atoms with Gasteiger partial charge in [0.05, 0.1) is 9.35 Å². The van der Waals surface area contributed by atoms with Crippen molar-refractivity contribution in [2.75, 3.05) is 6.54 Å². The zero-order valence-electron chi connectivity index (χ0n) is 9.82. The summed E-state index contributed by atoms with van der Waals surface area (Å²) in [6, 6.07) is 8.84. The molecule has 0 fully saturated rings. The van der Waals surface area contributed by atoms with E-state index in [0.29, 0.717) is 6.54 Å². The van der Waals surface area contributed by atoms with Crippen LogP contribution in [0.25, 0.3) is 0 Å². The molecule has 2 rings (SSSR count). The lowest BCUT2D eigenvalue weighted by Gasteiger charge is -2.06. The van der Waals surface area contributed by atoms with Crippen LogP contribution in [0.3, 0.4) is 0 Å². The summed E-state index contributed by atoms with van der Waals surface area (Å²) in [4.78, 5) is 13.1. The van der Waals surface area contributed by atoms with Gasteiger partial charge in [0.15, 0.2) is 0 Å². The van der Waals surface area contributed by atoms with Crippen LogP contribution in [0.4, 0.5) is 0 Å². The van der Waals surface area contributed by atoms with E-state index in [1.54, 1.807) is 23.5 Å². The minimum atomic E-state index is -0.263.